The maximum atomic E-state index is 13.9. The molecule has 0 radical (unpaired) electrons. The van der Waals surface area contributed by atoms with Crippen molar-refractivity contribution in [3.05, 3.63) is 0 Å². The second-order valence-electron chi connectivity index (χ2n) is 16.5. The minimum atomic E-state index is -1.54. The highest BCUT2D eigenvalue weighted by molar-refractivity contribution is 5.96. The second kappa shape index (κ2) is 35.8. The quantitative estimate of drug-likeness (QED) is 0.0239. The SMILES string of the molecule is CCCCCCCCCCCCCCCC(=O)N[C@@H](CCCN=C(N)N)C(=O)C[C@@H](CCC(N)=O)C(=O)N[C@H](C(=O)C[C@@H](CCCN=C(N)N)C(=O)N[C@@H](CO)C(=O)CC)[C@@H](C)O. The van der Waals surface area contributed by atoms with Crippen LogP contribution in [0.15, 0.2) is 9.98 Å². The summed E-state index contributed by atoms with van der Waals surface area (Å²) >= 11 is 0. The van der Waals surface area contributed by atoms with Crippen molar-refractivity contribution < 1.29 is 43.8 Å². The predicted octanol–water partition coefficient (Wildman–Crippen LogP) is 1.80. The molecule has 0 aromatic heterocycles. The molecule has 0 aromatic rings. The highest BCUT2D eigenvalue weighted by Crippen LogP contribution is 2.20. The van der Waals surface area contributed by atoms with E-state index in [9.17, 15) is 43.8 Å². The van der Waals surface area contributed by atoms with Gasteiger partial charge < -0.3 is 54.8 Å². The van der Waals surface area contributed by atoms with Crippen molar-refractivity contribution in [3.8, 4) is 0 Å². The molecule has 4 amide bonds. The van der Waals surface area contributed by atoms with Crippen molar-refractivity contribution in [2.75, 3.05) is 19.7 Å². The number of aliphatic hydroxyl groups excluding tert-OH is 2. The van der Waals surface area contributed by atoms with Crippen molar-refractivity contribution in [2.24, 2.45) is 50.5 Å². The fraction of sp³-hybridized carbons (Fsp3) is 0.795. The number of unbranched alkanes of at least 4 members (excludes halogenated alkanes) is 12. The number of hydrogen-bond donors (Lipinski definition) is 10. The van der Waals surface area contributed by atoms with E-state index in [4.69, 9.17) is 28.7 Å². The molecular formula is C44H82N10O9. The van der Waals surface area contributed by atoms with E-state index in [1.165, 1.54) is 58.3 Å². The first-order valence-corrected chi connectivity index (χ1v) is 23.1. The lowest BCUT2D eigenvalue weighted by Crippen LogP contribution is -2.52. The van der Waals surface area contributed by atoms with Gasteiger partial charge in [-0.15, -0.1) is 0 Å². The number of primary amides is 1. The van der Waals surface area contributed by atoms with Crippen LogP contribution in [0.1, 0.15) is 168 Å². The lowest BCUT2D eigenvalue weighted by atomic mass is 9.89. The fourth-order valence-corrected chi connectivity index (χ4v) is 7.16. The molecule has 0 saturated heterocycles. The summed E-state index contributed by atoms with van der Waals surface area (Å²) in [5, 5.41) is 28.2. The third-order valence-corrected chi connectivity index (χ3v) is 10.9. The third-order valence-electron chi connectivity index (χ3n) is 10.9. The van der Waals surface area contributed by atoms with Crippen molar-refractivity contribution >= 4 is 52.9 Å². The molecule has 0 bridgehead atoms. The van der Waals surface area contributed by atoms with Crippen LogP contribution < -0.4 is 44.6 Å². The van der Waals surface area contributed by atoms with Crippen LogP contribution >= 0.6 is 0 Å². The summed E-state index contributed by atoms with van der Waals surface area (Å²) < 4.78 is 0. The summed E-state index contributed by atoms with van der Waals surface area (Å²) in [6.07, 6.45) is 13.2. The number of nitrogens with two attached hydrogens (primary N) is 5. The van der Waals surface area contributed by atoms with Gasteiger partial charge in [-0.05, 0) is 45.4 Å². The van der Waals surface area contributed by atoms with Gasteiger partial charge in [0.2, 0.25) is 23.6 Å². The Bertz CT molecular complexity index is 1430. The van der Waals surface area contributed by atoms with Gasteiger partial charge in [0.15, 0.2) is 29.3 Å². The second-order valence-corrected chi connectivity index (χ2v) is 16.5. The minimum Gasteiger partial charge on any atom is -0.394 e. The molecule has 63 heavy (non-hydrogen) atoms. The Hall–Kier alpha value is -4.65. The third kappa shape index (κ3) is 29.4. The predicted molar refractivity (Wildman–Crippen MR) is 245 cm³/mol. The number of hydrogen-bond acceptors (Lipinski definition) is 11. The number of carbonyl (C=O) groups excluding carboxylic acids is 7. The van der Waals surface area contributed by atoms with Gasteiger partial charge in [-0.3, -0.25) is 43.5 Å². The minimum absolute atomic E-state index is 0.0414. The van der Waals surface area contributed by atoms with Gasteiger partial charge in [0, 0.05) is 57.0 Å². The number of Topliss-reactive ketones (excluding diaryl/α,β-unsaturated/α-hetero) is 3. The first kappa shape index (κ1) is 58.4. The van der Waals surface area contributed by atoms with Crippen LogP contribution in [0.4, 0.5) is 0 Å². The molecule has 6 atom stereocenters. The topological polar surface area (TPSA) is 351 Å². The van der Waals surface area contributed by atoms with Crippen LogP contribution in [0.2, 0.25) is 0 Å². The summed E-state index contributed by atoms with van der Waals surface area (Å²) in [4.78, 5) is 99.8. The van der Waals surface area contributed by atoms with E-state index in [1.807, 2.05) is 0 Å². The Balaban J connectivity index is 5.84. The molecule has 0 aliphatic heterocycles. The lowest BCUT2D eigenvalue weighted by Gasteiger charge is -2.26. The molecule has 0 aliphatic carbocycles. The van der Waals surface area contributed by atoms with Crippen LogP contribution in [0.3, 0.4) is 0 Å². The average molecular weight is 895 g/mol. The Morgan fingerprint density at radius 2 is 1.02 bits per heavy atom. The van der Waals surface area contributed by atoms with E-state index in [2.05, 4.69) is 32.9 Å². The maximum Gasteiger partial charge on any atom is 0.224 e. The van der Waals surface area contributed by atoms with Gasteiger partial charge >= 0.3 is 0 Å². The summed E-state index contributed by atoms with van der Waals surface area (Å²) in [5.41, 5.74) is 27.1. The summed E-state index contributed by atoms with van der Waals surface area (Å²) in [6, 6.07) is -3.75. The molecule has 0 aromatic carbocycles. The normalized spacial score (nSPS) is 13.9. The molecule has 0 heterocycles. The number of nitrogens with zero attached hydrogens (tertiary/aromatic N) is 2. The molecule has 0 saturated carbocycles. The molecule has 19 heteroatoms. The van der Waals surface area contributed by atoms with E-state index in [0.717, 1.165) is 25.7 Å². The van der Waals surface area contributed by atoms with Crippen molar-refractivity contribution in [2.45, 2.75) is 193 Å². The van der Waals surface area contributed by atoms with Crippen LogP contribution in [0.5, 0.6) is 0 Å². The molecule has 0 unspecified atom stereocenters. The number of aliphatic imine (C=N–C) groups is 2. The summed E-state index contributed by atoms with van der Waals surface area (Å²) in [6.45, 7) is 4.70. The largest absolute Gasteiger partial charge is 0.394 e. The van der Waals surface area contributed by atoms with Crippen LogP contribution in [-0.2, 0) is 33.6 Å². The van der Waals surface area contributed by atoms with Crippen molar-refractivity contribution in [3.63, 3.8) is 0 Å². The van der Waals surface area contributed by atoms with Crippen molar-refractivity contribution in [1.29, 1.82) is 0 Å². The summed E-state index contributed by atoms with van der Waals surface area (Å²) in [7, 11) is 0. The fourth-order valence-electron chi connectivity index (χ4n) is 7.16. The molecule has 0 fully saturated rings. The van der Waals surface area contributed by atoms with Crippen LogP contribution in [0.25, 0.3) is 0 Å². The first-order valence-electron chi connectivity index (χ1n) is 23.1. The molecule has 19 nitrogen and oxygen atoms in total. The Labute approximate surface area is 374 Å². The number of guanidine groups is 2. The van der Waals surface area contributed by atoms with E-state index in [0.29, 0.717) is 12.8 Å². The number of ketones is 3. The zero-order valence-electron chi connectivity index (χ0n) is 38.4. The maximum absolute atomic E-state index is 13.9. The number of carbonyl (C=O) groups is 7. The molecule has 362 valence electrons. The smallest absolute Gasteiger partial charge is 0.224 e. The molecule has 15 N–H and O–H groups in total. The highest BCUT2D eigenvalue weighted by atomic mass is 16.3. The Morgan fingerprint density at radius 3 is 1.49 bits per heavy atom. The summed E-state index contributed by atoms with van der Waals surface area (Å²) in [5.74, 6) is -6.83. The highest BCUT2D eigenvalue weighted by Gasteiger charge is 2.34. The van der Waals surface area contributed by atoms with Gasteiger partial charge in [-0.1, -0.05) is 90.9 Å². The van der Waals surface area contributed by atoms with Gasteiger partial charge in [-0.25, -0.2) is 0 Å². The zero-order valence-corrected chi connectivity index (χ0v) is 38.4. The first-order chi connectivity index (χ1) is 30.0. The van der Waals surface area contributed by atoms with E-state index >= 15 is 0 Å². The van der Waals surface area contributed by atoms with Crippen LogP contribution in [-0.4, -0.2) is 107 Å². The number of aliphatic hydroxyl groups is 2. The van der Waals surface area contributed by atoms with E-state index < -0.39 is 90.6 Å². The lowest BCUT2D eigenvalue weighted by molar-refractivity contribution is -0.137. The molecular weight excluding hydrogens is 813 g/mol. The Kier molecular flexibility index (Phi) is 33.1. The van der Waals surface area contributed by atoms with Crippen LogP contribution in [0, 0.1) is 11.8 Å². The Morgan fingerprint density at radius 1 is 0.540 bits per heavy atom. The zero-order chi connectivity index (χ0) is 47.6. The number of rotatable bonds is 40. The molecule has 0 rings (SSSR count). The molecule has 0 aliphatic rings. The van der Waals surface area contributed by atoms with Gasteiger partial charge in [-0.2, -0.15) is 0 Å². The van der Waals surface area contributed by atoms with Gasteiger partial charge in [0.1, 0.15) is 12.1 Å². The average Bonchev–Trinajstić information content (AvgIpc) is 3.23. The molecule has 0 spiro atoms. The van der Waals surface area contributed by atoms with Gasteiger partial charge in [0.25, 0.3) is 0 Å². The standard InChI is InChI=1S/C44H82N10O9/c1-4-6-7-8-9-10-11-12-13-14-15-16-17-22-39(61)52-33(21-19-26-51-44(48)49)36(58)27-32(23-24-38(45)60)42(63)54-40(30(3)56)37(59)28-31(20-18-25-50-43(46)47)41(62)53-34(29-55)35(57)5-2/h30-34,40,55-56H,4-29H2,1-3H3,(H2,45,60)(H,52,61)(H,53,62)(H,54,63)(H4,46,47,50)(H4,48,49,51)/t30-,31-,32-,33+,34+,40+/m1/s1. The monoisotopic (exact) mass is 895 g/mol. The van der Waals surface area contributed by atoms with E-state index in [-0.39, 0.29) is 75.9 Å². The number of nitrogens with one attached hydrogen (secondary N) is 3. The van der Waals surface area contributed by atoms with Gasteiger partial charge in [0.05, 0.1) is 18.8 Å². The van der Waals surface area contributed by atoms with E-state index in [1.54, 1.807) is 6.92 Å². The number of amides is 4. The van der Waals surface area contributed by atoms with Crippen molar-refractivity contribution in [1.82, 2.24) is 16.0 Å².